The van der Waals surface area contributed by atoms with E-state index in [2.05, 4.69) is 29.4 Å². The molecular formula is C18H36N4O2S. The van der Waals surface area contributed by atoms with Crippen molar-refractivity contribution in [2.24, 2.45) is 4.99 Å². The Kier molecular flexibility index (Phi) is 9.20. The third kappa shape index (κ3) is 6.87. The van der Waals surface area contributed by atoms with Gasteiger partial charge in [0.05, 0.1) is 19.8 Å². The van der Waals surface area contributed by atoms with Crippen LogP contribution in [0.15, 0.2) is 4.99 Å². The van der Waals surface area contributed by atoms with Crippen molar-refractivity contribution < 1.29 is 8.95 Å². The topological polar surface area (TPSA) is 66.0 Å². The van der Waals surface area contributed by atoms with E-state index in [4.69, 9.17) is 9.73 Å². The van der Waals surface area contributed by atoms with Gasteiger partial charge in [0.1, 0.15) is 0 Å². The molecule has 4 atom stereocenters. The van der Waals surface area contributed by atoms with Crippen LogP contribution < -0.4 is 10.6 Å². The summed E-state index contributed by atoms with van der Waals surface area (Å²) in [4.78, 5) is 7.25. The highest BCUT2D eigenvalue weighted by Gasteiger charge is 2.26. The quantitative estimate of drug-likeness (QED) is 0.522. The molecule has 25 heavy (non-hydrogen) atoms. The van der Waals surface area contributed by atoms with Crippen molar-refractivity contribution in [2.45, 2.75) is 63.8 Å². The van der Waals surface area contributed by atoms with Crippen molar-refractivity contribution in [1.29, 1.82) is 0 Å². The largest absolute Gasteiger partial charge is 0.379 e. The summed E-state index contributed by atoms with van der Waals surface area (Å²) in [6.45, 7) is 11.6. The number of hydrogen-bond acceptors (Lipinski definition) is 4. The lowest BCUT2D eigenvalue weighted by Gasteiger charge is -2.32. The second kappa shape index (κ2) is 11.1. The number of rotatable bonds is 7. The van der Waals surface area contributed by atoms with Crippen molar-refractivity contribution in [1.82, 2.24) is 15.5 Å². The fourth-order valence-electron chi connectivity index (χ4n) is 3.62. The summed E-state index contributed by atoms with van der Waals surface area (Å²) in [5.74, 6) is 1.67. The lowest BCUT2D eigenvalue weighted by Crippen LogP contribution is -2.48. The Balaban J connectivity index is 1.87. The highest BCUT2D eigenvalue weighted by molar-refractivity contribution is 7.85. The third-order valence-electron chi connectivity index (χ3n) is 5.15. The summed E-state index contributed by atoms with van der Waals surface area (Å²) >= 11 is 0. The molecule has 0 spiro atoms. The van der Waals surface area contributed by atoms with Gasteiger partial charge in [0.25, 0.3) is 0 Å². The van der Waals surface area contributed by atoms with Crippen LogP contribution in [0, 0.1) is 0 Å². The van der Waals surface area contributed by atoms with Gasteiger partial charge in [0.15, 0.2) is 5.96 Å². The Hall–Kier alpha value is -0.660. The minimum atomic E-state index is -0.686. The average molecular weight is 373 g/mol. The molecule has 1 heterocycles. The zero-order chi connectivity index (χ0) is 18.1. The second-order valence-electron chi connectivity index (χ2n) is 7.02. The zero-order valence-corrected chi connectivity index (χ0v) is 16.9. The van der Waals surface area contributed by atoms with Gasteiger partial charge in [-0.05, 0) is 33.1 Å². The Morgan fingerprint density at radius 1 is 1.32 bits per heavy atom. The summed E-state index contributed by atoms with van der Waals surface area (Å²) in [6, 6.07) is 0.803. The van der Waals surface area contributed by atoms with E-state index in [1.165, 1.54) is 0 Å². The van der Waals surface area contributed by atoms with Gasteiger partial charge in [0, 0.05) is 53.5 Å². The SMILES string of the molecule is CCNC(=NCC(C)N1CCOCC1)NC1CCCC(S(=O)CC)C1. The van der Waals surface area contributed by atoms with E-state index in [0.717, 1.165) is 76.8 Å². The molecule has 0 aromatic heterocycles. The monoisotopic (exact) mass is 372 g/mol. The first-order chi connectivity index (χ1) is 12.1. The molecule has 0 aromatic rings. The molecule has 0 bridgehead atoms. The van der Waals surface area contributed by atoms with Crippen molar-refractivity contribution in [3.8, 4) is 0 Å². The molecule has 6 nitrogen and oxygen atoms in total. The van der Waals surface area contributed by atoms with Gasteiger partial charge in [-0.25, -0.2) is 0 Å². The van der Waals surface area contributed by atoms with Gasteiger partial charge in [-0.15, -0.1) is 0 Å². The van der Waals surface area contributed by atoms with E-state index in [9.17, 15) is 4.21 Å². The standard InChI is InChI=1S/C18H36N4O2S/c1-4-19-18(20-14-15(3)22-9-11-24-12-10-22)21-16-7-6-8-17(13-16)25(23)5-2/h15-17H,4-14H2,1-3H3,(H2,19,20,21). The first-order valence-corrected chi connectivity index (χ1v) is 11.3. The third-order valence-corrected chi connectivity index (χ3v) is 6.89. The highest BCUT2D eigenvalue weighted by Crippen LogP contribution is 2.23. The van der Waals surface area contributed by atoms with Gasteiger partial charge < -0.3 is 15.4 Å². The number of guanidine groups is 1. The van der Waals surface area contributed by atoms with Gasteiger partial charge in [-0.1, -0.05) is 13.3 Å². The van der Waals surface area contributed by atoms with Gasteiger partial charge in [-0.3, -0.25) is 14.1 Å². The molecule has 7 heteroatoms. The van der Waals surface area contributed by atoms with Crippen molar-refractivity contribution >= 4 is 16.8 Å². The summed E-state index contributed by atoms with van der Waals surface area (Å²) in [7, 11) is -0.686. The molecule has 1 aliphatic carbocycles. The van der Waals surface area contributed by atoms with Crippen LogP contribution >= 0.6 is 0 Å². The number of ether oxygens (including phenoxy) is 1. The maximum atomic E-state index is 12.1. The first kappa shape index (κ1) is 20.6. The Morgan fingerprint density at radius 3 is 2.76 bits per heavy atom. The van der Waals surface area contributed by atoms with Crippen molar-refractivity contribution in [3.05, 3.63) is 0 Å². The zero-order valence-electron chi connectivity index (χ0n) is 16.1. The van der Waals surface area contributed by atoms with Crippen LogP contribution in [-0.2, 0) is 15.5 Å². The summed E-state index contributed by atoms with van der Waals surface area (Å²) in [6.07, 6.45) is 4.38. The Bertz CT molecular complexity index is 441. The van der Waals surface area contributed by atoms with Gasteiger partial charge in [0.2, 0.25) is 0 Å². The predicted octanol–water partition coefficient (Wildman–Crippen LogP) is 1.34. The van der Waals surface area contributed by atoms with Crippen LogP contribution in [0.2, 0.25) is 0 Å². The molecule has 2 aliphatic rings. The molecule has 0 amide bonds. The molecule has 2 rings (SSSR count). The van der Waals surface area contributed by atoms with Crippen molar-refractivity contribution in [2.75, 3.05) is 45.1 Å². The molecule has 2 fully saturated rings. The molecule has 1 saturated carbocycles. The maximum absolute atomic E-state index is 12.1. The van der Waals surface area contributed by atoms with E-state index in [-0.39, 0.29) is 0 Å². The molecular weight excluding hydrogens is 336 g/mol. The number of hydrogen-bond donors (Lipinski definition) is 2. The number of nitrogens with zero attached hydrogens (tertiary/aromatic N) is 2. The van der Waals surface area contributed by atoms with Crippen LogP contribution in [0.1, 0.15) is 46.5 Å². The predicted molar refractivity (Wildman–Crippen MR) is 106 cm³/mol. The van der Waals surface area contributed by atoms with Crippen LogP contribution in [-0.4, -0.2) is 77.5 Å². The van der Waals surface area contributed by atoms with Gasteiger partial charge >= 0.3 is 0 Å². The first-order valence-electron chi connectivity index (χ1n) is 9.87. The molecule has 0 radical (unpaired) electrons. The number of morpholine rings is 1. The molecule has 146 valence electrons. The van der Waals surface area contributed by atoms with E-state index >= 15 is 0 Å². The Morgan fingerprint density at radius 2 is 2.08 bits per heavy atom. The van der Waals surface area contributed by atoms with Crippen LogP contribution in [0.5, 0.6) is 0 Å². The summed E-state index contributed by atoms with van der Waals surface area (Å²) < 4.78 is 17.6. The van der Waals surface area contributed by atoms with Crippen LogP contribution in [0.25, 0.3) is 0 Å². The minimum Gasteiger partial charge on any atom is -0.379 e. The molecule has 4 unspecified atom stereocenters. The summed E-state index contributed by atoms with van der Waals surface area (Å²) in [5, 5.41) is 7.29. The maximum Gasteiger partial charge on any atom is 0.191 e. The lowest BCUT2D eigenvalue weighted by atomic mass is 9.95. The average Bonchev–Trinajstić information content (AvgIpc) is 2.66. The van der Waals surface area contributed by atoms with E-state index in [1.54, 1.807) is 0 Å². The van der Waals surface area contributed by atoms with Gasteiger partial charge in [-0.2, -0.15) is 0 Å². The summed E-state index contributed by atoms with van der Waals surface area (Å²) in [5.41, 5.74) is 0. The lowest BCUT2D eigenvalue weighted by molar-refractivity contribution is 0.0220. The van der Waals surface area contributed by atoms with Crippen LogP contribution in [0.3, 0.4) is 0 Å². The second-order valence-corrected chi connectivity index (χ2v) is 9.02. The van der Waals surface area contributed by atoms with E-state index < -0.39 is 10.8 Å². The fraction of sp³-hybridized carbons (Fsp3) is 0.944. The van der Waals surface area contributed by atoms with E-state index in [0.29, 0.717) is 17.3 Å². The highest BCUT2D eigenvalue weighted by atomic mass is 32.2. The fourth-order valence-corrected chi connectivity index (χ4v) is 4.97. The number of nitrogens with one attached hydrogen (secondary N) is 2. The molecule has 0 aromatic carbocycles. The smallest absolute Gasteiger partial charge is 0.191 e. The normalized spacial score (nSPS) is 28.4. The van der Waals surface area contributed by atoms with Crippen LogP contribution in [0.4, 0.5) is 0 Å². The Labute approximate surface area is 155 Å². The van der Waals surface area contributed by atoms with Crippen molar-refractivity contribution in [3.63, 3.8) is 0 Å². The molecule has 2 N–H and O–H groups in total. The minimum absolute atomic E-state index is 0.339. The molecule has 1 aliphatic heterocycles. The van der Waals surface area contributed by atoms with E-state index in [1.807, 2.05) is 6.92 Å². The molecule has 1 saturated heterocycles. The number of aliphatic imine (C=N–C) groups is 1.